The highest BCUT2D eigenvalue weighted by Gasteiger charge is 2.29. The summed E-state index contributed by atoms with van der Waals surface area (Å²) in [5, 5.41) is 4.10. The molecule has 2 aromatic heterocycles. The van der Waals surface area contributed by atoms with Gasteiger partial charge in [0.2, 0.25) is 5.89 Å². The Labute approximate surface area is 168 Å². The average Bonchev–Trinajstić information content (AvgIpc) is 3.26. The number of nitrogens with one attached hydrogen (secondary N) is 1. The minimum absolute atomic E-state index is 0.0272. The van der Waals surface area contributed by atoms with Gasteiger partial charge in [0, 0.05) is 31.7 Å². The fourth-order valence-corrected chi connectivity index (χ4v) is 3.85. The molecule has 1 amide bonds. The van der Waals surface area contributed by atoms with Gasteiger partial charge in [0.25, 0.3) is 5.91 Å². The molecule has 0 bridgehead atoms. The third-order valence-electron chi connectivity index (χ3n) is 5.73. The van der Waals surface area contributed by atoms with Crippen LogP contribution in [0.4, 0.5) is 0 Å². The molecule has 1 N–H and O–H groups in total. The number of carbonyl (C=O) groups excluding carboxylic acids is 1. The van der Waals surface area contributed by atoms with Crippen molar-refractivity contribution in [1.82, 2.24) is 25.0 Å². The van der Waals surface area contributed by atoms with E-state index in [9.17, 15) is 4.79 Å². The van der Waals surface area contributed by atoms with E-state index in [1.165, 1.54) is 12.8 Å². The van der Waals surface area contributed by atoms with Gasteiger partial charge in [-0.1, -0.05) is 5.16 Å². The second-order valence-corrected chi connectivity index (χ2v) is 8.04. The van der Waals surface area contributed by atoms with Crippen molar-refractivity contribution < 1.29 is 14.1 Å². The van der Waals surface area contributed by atoms with Crippen molar-refractivity contribution in [3.8, 4) is 0 Å². The van der Waals surface area contributed by atoms with E-state index < -0.39 is 0 Å². The normalized spacial score (nSPS) is 19.7. The number of piperidine rings is 1. The molecule has 1 unspecified atom stereocenters. The molecule has 1 saturated carbocycles. The van der Waals surface area contributed by atoms with Gasteiger partial charge < -0.3 is 19.1 Å². The fourth-order valence-electron chi connectivity index (χ4n) is 3.85. The Morgan fingerprint density at radius 3 is 3.14 bits per heavy atom. The van der Waals surface area contributed by atoms with Crippen molar-refractivity contribution in [2.24, 2.45) is 5.92 Å². The van der Waals surface area contributed by atoms with Crippen LogP contribution < -0.4 is 0 Å². The summed E-state index contributed by atoms with van der Waals surface area (Å²) in [6.45, 7) is 2.81. The van der Waals surface area contributed by atoms with E-state index in [1.807, 2.05) is 23.1 Å². The Morgan fingerprint density at radius 2 is 2.24 bits per heavy atom. The zero-order valence-electron chi connectivity index (χ0n) is 16.3. The van der Waals surface area contributed by atoms with Crippen molar-refractivity contribution in [3.05, 3.63) is 41.8 Å². The molecule has 1 saturated heterocycles. The lowest BCUT2D eigenvalue weighted by Gasteiger charge is -2.31. The molecule has 5 rings (SSSR count). The fraction of sp³-hybridized carbons (Fsp3) is 0.524. The van der Waals surface area contributed by atoms with Crippen LogP contribution in [0.1, 0.15) is 53.7 Å². The topological polar surface area (TPSA) is 97.1 Å². The number of rotatable bonds is 7. The lowest BCUT2D eigenvalue weighted by Crippen LogP contribution is -2.39. The first-order valence-corrected chi connectivity index (χ1v) is 10.4. The Morgan fingerprint density at radius 1 is 1.31 bits per heavy atom. The number of carbonyl (C=O) groups is 1. The van der Waals surface area contributed by atoms with E-state index in [4.69, 9.17) is 9.26 Å². The molecular formula is C21H25N5O3. The van der Waals surface area contributed by atoms with E-state index in [0.29, 0.717) is 36.9 Å². The lowest BCUT2D eigenvalue weighted by atomic mass is 9.97. The van der Waals surface area contributed by atoms with Crippen LogP contribution in [0.5, 0.6) is 0 Å². The number of aromatic nitrogens is 4. The highest BCUT2D eigenvalue weighted by Crippen LogP contribution is 2.29. The molecule has 152 valence electrons. The van der Waals surface area contributed by atoms with Gasteiger partial charge in [0.15, 0.2) is 5.82 Å². The van der Waals surface area contributed by atoms with Gasteiger partial charge in [-0.2, -0.15) is 4.98 Å². The third kappa shape index (κ3) is 4.17. The van der Waals surface area contributed by atoms with Gasteiger partial charge in [-0.25, -0.2) is 4.98 Å². The first-order chi connectivity index (χ1) is 14.3. The number of nitrogens with zero attached hydrogens (tertiary/aromatic N) is 4. The maximum Gasteiger partial charge on any atom is 0.253 e. The molecule has 8 nitrogen and oxygen atoms in total. The molecule has 1 aromatic carbocycles. The minimum atomic E-state index is 0.0272. The smallest absolute Gasteiger partial charge is 0.253 e. The Kier molecular flexibility index (Phi) is 5.01. The van der Waals surface area contributed by atoms with Crippen LogP contribution in [0, 0.1) is 5.92 Å². The molecule has 3 aromatic rings. The van der Waals surface area contributed by atoms with E-state index in [2.05, 4.69) is 20.1 Å². The maximum atomic E-state index is 13.0. The molecule has 1 aliphatic heterocycles. The second kappa shape index (κ2) is 7.94. The first kappa shape index (κ1) is 18.3. The molecule has 3 heterocycles. The highest BCUT2D eigenvalue weighted by atomic mass is 16.5. The third-order valence-corrected chi connectivity index (χ3v) is 5.73. The summed E-state index contributed by atoms with van der Waals surface area (Å²) >= 11 is 0. The lowest BCUT2D eigenvalue weighted by molar-refractivity contribution is 0.0696. The first-order valence-electron chi connectivity index (χ1n) is 10.4. The summed E-state index contributed by atoms with van der Waals surface area (Å²) in [4.78, 5) is 26.7. The number of ether oxygens (including phenoxy) is 1. The Bertz CT molecular complexity index is 993. The van der Waals surface area contributed by atoms with Crippen LogP contribution in [0.2, 0.25) is 0 Å². The minimum Gasteiger partial charge on any atom is -0.381 e. The highest BCUT2D eigenvalue weighted by molar-refractivity contribution is 5.97. The van der Waals surface area contributed by atoms with Crippen molar-refractivity contribution in [2.75, 3.05) is 26.3 Å². The second-order valence-electron chi connectivity index (χ2n) is 8.04. The largest absolute Gasteiger partial charge is 0.381 e. The summed E-state index contributed by atoms with van der Waals surface area (Å²) < 4.78 is 11.2. The average molecular weight is 395 g/mol. The van der Waals surface area contributed by atoms with Crippen molar-refractivity contribution in [2.45, 2.75) is 38.0 Å². The van der Waals surface area contributed by atoms with Gasteiger partial charge in [-0.3, -0.25) is 4.79 Å². The van der Waals surface area contributed by atoms with E-state index in [1.54, 1.807) is 6.33 Å². The molecule has 0 radical (unpaired) electrons. The zero-order chi connectivity index (χ0) is 19.6. The Hall–Kier alpha value is -2.74. The van der Waals surface area contributed by atoms with E-state index in [-0.39, 0.29) is 11.8 Å². The molecule has 0 spiro atoms. The summed E-state index contributed by atoms with van der Waals surface area (Å²) in [5.41, 5.74) is 2.40. The zero-order valence-corrected chi connectivity index (χ0v) is 16.3. The van der Waals surface area contributed by atoms with Crippen LogP contribution in [0.3, 0.4) is 0 Å². The van der Waals surface area contributed by atoms with Gasteiger partial charge in [0.1, 0.15) is 0 Å². The van der Waals surface area contributed by atoms with Gasteiger partial charge in [-0.15, -0.1) is 0 Å². The van der Waals surface area contributed by atoms with Crippen LogP contribution in [0.25, 0.3) is 11.0 Å². The summed E-state index contributed by atoms with van der Waals surface area (Å²) in [5.74, 6) is 2.18. The number of hydrogen-bond donors (Lipinski definition) is 1. The van der Waals surface area contributed by atoms with Gasteiger partial charge >= 0.3 is 0 Å². The standard InChI is InChI=1S/C21H25N5O3/c27-21(15-5-6-17-18(10-15)23-13-22-17)26-8-1-2-16(11-26)20-24-19(25-29-20)7-9-28-12-14-3-4-14/h5-6,10,13-14,16H,1-4,7-9,11-12H2,(H,22,23). The predicted molar refractivity (Wildman–Crippen MR) is 106 cm³/mol. The molecule has 1 aliphatic carbocycles. The summed E-state index contributed by atoms with van der Waals surface area (Å²) in [6, 6.07) is 5.57. The molecule has 1 atom stereocenters. The number of likely N-dealkylation sites (tertiary alicyclic amines) is 1. The predicted octanol–water partition coefficient (Wildman–Crippen LogP) is 2.93. The van der Waals surface area contributed by atoms with Crippen LogP contribution in [0.15, 0.2) is 29.0 Å². The van der Waals surface area contributed by atoms with E-state index >= 15 is 0 Å². The van der Waals surface area contributed by atoms with Crippen molar-refractivity contribution in [1.29, 1.82) is 0 Å². The number of amides is 1. The maximum absolute atomic E-state index is 13.0. The Balaban J connectivity index is 1.20. The molecule has 2 fully saturated rings. The monoisotopic (exact) mass is 395 g/mol. The summed E-state index contributed by atoms with van der Waals surface area (Å²) in [6.07, 6.45) is 6.75. The molecule has 29 heavy (non-hydrogen) atoms. The van der Waals surface area contributed by atoms with Crippen LogP contribution in [-0.4, -0.2) is 57.2 Å². The SMILES string of the molecule is O=C(c1ccc2nc[nH]c2c1)N1CCCC(c2nc(CCOCC3CC3)no2)C1. The number of aromatic amines is 1. The quantitative estimate of drug-likeness (QED) is 0.618. The van der Waals surface area contributed by atoms with Gasteiger partial charge in [-0.05, 0) is 49.8 Å². The van der Waals surface area contributed by atoms with Crippen LogP contribution in [-0.2, 0) is 11.2 Å². The number of hydrogen-bond acceptors (Lipinski definition) is 6. The molecule has 2 aliphatic rings. The molecular weight excluding hydrogens is 370 g/mol. The van der Waals surface area contributed by atoms with Crippen molar-refractivity contribution >= 4 is 16.9 Å². The van der Waals surface area contributed by atoms with E-state index in [0.717, 1.165) is 42.9 Å². The number of benzene rings is 1. The number of H-pyrrole nitrogens is 1. The van der Waals surface area contributed by atoms with Gasteiger partial charge in [0.05, 0.1) is 29.9 Å². The number of fused-ring (bicyclic) bond motifs is 1. The summed E-state index contributed by atoms with van der Waals surface area (Å²) in [7, 11) is 0. The van der Waals surface area contributed by atoms with Crippen molar-refractivity contribution in [3.63, 3.8) is 0 Å². The van der Waals surface area contributed by atoms with Crippen LogP contribution >= 0.6 is 0 Å². The number of imidazole rings is 1. The molecule has 8 heteroatoms.